The van der Waals surface area contributed by atoms with Gasteiger partial charge < -0.3 is 5.53 Å². The summed E-state index contributed by atoms with van der Waals surface area (Å²) in [5.74, 6) is 7.27. The Bertz CT molecular complexity index is 1410. The van der Waals surface area contributed by atoms with E-state index in [4.69, 9.17) is 0 Å². The molecule has 286 valence electrons. The first-order chi connectivity index (χ1) is 25.6. The topological polar surface area (TPSA) is 25.3 Å². The molecule has 0 aliphatic carbocycles. The van der Waals surface area contributed by atoms with Gasteiger partial charge in [-0.25, -0.2) is 4.70 Å². The molecule has 0 saturated carbocycles. The van der Waals surface area contributed by atoms with Gasteiger partial charge in [0.05, 0.1) is 0 Å². The molecule has 2 heteroatoms. The van der Waals surface area contributed by atoms with Crippen LogP contribution in [0.2, 0.25) is 0 Å². The first-order valence-electron chi connectivity index (χ1n) is 22.3. The molecule has 0 aromatic heterocycles. The molecule has 0 bridgehead atoms. The van der Waals surface area contributed by atoms with Crippen molar-refractivity contribution in [2.45, 2.75) is 207 Å². The van der Waals surface area contributed by atoms with Gasteiger partial charge in [0.2, 0.25) is 11.4 Å². The summed E-state index contributed by atoms with van der Waals surface area (Å²) < 4.78 is 1.50. The average Bonchev–Trinajstić information content (AvgIpc) is 3.44. The maximum atomic E-state index is 12.1. The number of unbranched alkanes of at least 4 members (excludes halogenated alkanes) is 21. The predicted molar refractivity (Wildman–Crippen MR) is 228 cm³/mol. The summed E-state index contributed by atoms with van der Waals surface area (Å²) in [6, 6.07) is 17.7. The van der Waals surface area contributed by atoms with Crippen molar-refractivity contribution in [1.29, 1.82) is 0 Å². The van der Waals surface area contributed by atoms with E-state index in [9.17, 15) is 5.53 Å². The Morgan fingerprint density at radius 2 is 0.885 bits per heavy atom. The van der Waals surface area contributed by atoms with Crippen molar-refractivity contribution in [3.63, 3.8) is 0 Å². The molecule has 0 radical (unpaired) electrons. The fourth-order valence-electron chi connectivity index (χ4n) is 7.70. The van der Waals surface area contributed by atoms with E-state index in [-0.39, 0.29) is 0 Å². The van der Waals surface area contributed by atoms with E-state index in [1.165, 1.54) is 163 Å². The van der Waals surface area contributed by atoms with Crippen molar-refractivity contribution in [1.82, 2.24) is 0 Å². The molecule has 0 amide bonds. The Hall–Kier alpha value is -2.92. The van der Waals surface area contributed by atoms with Crippen LogP contribution in [-0.4, -0.2) is 4.70 Å². The van der Waals surface area contributed by atoms with Crippen LogP contribution in [0.15, 0.2) is 59.7 Å². The monoisotopic (exact) mass is 705 g/mol. The minimum atomic E-state index is 0.869. The highest BCUT2D eigenvalue weighted by molar-refractivity contribution is 5.85. The van der Waals surface area contributed by atoms with Crippen molar-refractivity contribution >= 4 is 11.4 Å². The van der Waals surface area contributed by atoms with E-state index in [0.717, 1.165) is 66.6 Å². The average molecular weight is 705 g/mol. The Balaban J connectivity index is 1.62. The number of hydrogen-bond donors (Lipinski definition) is 0. The van der Waals surface area contributed by atoms with Crippen LogP contribution in [0.5, 0.6) is 0 Å². The van der Waals surface area contributed by atoms with Crippen LogP contribution in [-0.2, 0) is 12.8 Å². The quantitative estimate of drug-likeness (QED) is 0.0458. The van der Waals surface area contributed by atoms with Crippen molar-refractivity contribution < 1.29 is 4.70 Å². The molecular weight excluding hydrogens is 629 g/mol. The van der Waals surface area contributed by atoms with E-state index in [1.54, 1.807) is 0 Å². The second-order valence-electron chi connectivity index (χ2n) is 15.6. The molecule has 1 aliphatic heterocycles. The minimum absolute atomic E-state index is 0.869. The summed E-state index contributed by atoms with van der Waals surface area (Å²) in [4.78, 5) is 0. The van der Waals surface area contributed by atoms with Gasteiger partial charge in [-0.05, 0) is 80.3 Å². The first-order valence-corrected chi connectivity index (χ1v) is 22.3. The summed E-state index contributed by atoms with van der Waals surface area (Å²) in [7, 11) is 0. The predicted octanol–water partition coefficient (Wildman–Crippen LogP) is 16.2. The molecule has 0 spiro atoms. The SMILES string of the molecule is CCCCCCCCCCCCCCCCCCCC#CC1=C(c2cccc(CCCC)c2)[N+](=[N-])C(c2cccc(CCCC)c2)=C1CCCCC. The van der Waals surface area contributed by atoms with Crippen LogP contribution in [0.25, 0.3) is 16.9 Å². The molecular formula is C50H76N2. The summed E-state index contributed by atoms with van der Waals surface area (Å²) in [6.45, 7) is 9.07. The van der Waals surface area contributed by atoms with Crippen LogP contribution < -0.4 is 0 Å². The number of hydrogen-bond acceptors (Lipinski definition) is 0. The Kier molecular flexibility index (Phi) is 23.1. The summed E-state index contributed by atoms with van der Waals surface area (Å²) in [5.41, 5.74) is 21.0. The van der Waals surface area contributed by atoms with Crippen molar-refractivity contribution in [2.75, 3.05) is 0 Å². The minimum Gasteiger partial charge on any atom is -0.493 e. The summed E-state index contributed by atoms with van der Waals surface area (Å²) in [5, 5.41) is 0. The van der Waals surface area contributed by atoms with E-state index in [2.05, 4.69) is 88.1 Å². The smallest absolute Gasteiger partial charge is 0.223 e. The van der Waals surface area contributed by atoms with E-state index in [0.29, 0.717) is 0 Å². The third-order valence-electron chi connectivity index (χ3n) is 10.9. The lowest BCUT2D eigenvalue weighted by molar-refractivity contribution is -0.345. The lowest BCUT2D eigenvalue weighted by atomic mass is 9.94. The molecule has 0 unspecified atom stereocenters. The van der Waals surface area contributed by atoms with Gasteiger partial charge in [0.25, 0.3) is 0 Å². The maximum Gasteiger partial charge on any atom is 0.223 e. The molecule has 2 aromatic rings. The van der Waals surface area contributed by atoms with Crippen molar-refractivity contribution in [3.8, 4) is 11.8 Å². The lowest BCUT2D eigenvalue weighted by Crippen LogP contribution is -2.03. The Labute approximate surface area is 321 Å². The van der Waals surface area contributed by atoms with Gasteiger partial charge in [-0.1, -0.05) is 192 Å². The largest absolute Gasteiger partial charge is 0.493 e. The van der Waals surface area contributed by atoms with Gasteiger partial charge in [0, 0.05) is 23.1 Å². The van der Waals surface area contributed by atoms with Gasteiger partial charge in [0.1, 0.15) is 5.57 Å². The van der Waals surface area contributed by atoms with Gasteiger partial charge in [-0.2, -0.15) is 0 Å². The number of rotatable bonds is 29. The molecule has 1 heterocycles. The van der Waals surface area contributed by atoms with E-state index < -0.39 is 0 Å². The number of aryl methyl sites for hydroxylation is 2. The molecule has 2 nitrogen and oxygen atoms in total. The molecule has 0 fully saturated rings. The molecule has 0 N–H and O–H groups in total. The van der Waals surface area contributed by atoms with Gasteiger partial charge in [0.15, 0.2) is 0 Å². The molecule has 3 rings (SSSR count). The van der Waals surface area contributed by atoms with Gasteiger partial charge in [-0.15, -0.1) is 0 Å². The van der Waals surface area contributed by atoms with Crippen LogP contribution in [0.3, 0.4) is 0 Å². The third-order valence-corrected chi connectivity index (χ3v) is 10.9. The second-order valence-corrected chi connectivity index (χ2v) is 15.6. The second kappa shape index (κ2) is 27.7. The molecule has 2 aromatic carbocycles. The molecule has 52 heavy (non-hydrogen) atoms. The first kappa shape index (κ1) is 43.5. The normalized spacial score (nSPS) is 13.0. The van der Waals surface area contributed by atoms with Crippen LogP contribution in [0.4, 0.5) is 0 Å². The highest BCUT2D eigenvalue weighted by atomic mass is 15.2. The van der Waals surface area contributed by atoms with Crippen molar-refractivity contribution in [3.05, 3.63) is 87.5 Å². The van der Waals surface area contributed by atoms with Crippen LogP contribution >= 0.6 is 0 Å². The van der Waals surface area contributed by atoms with E-state index in [1.807, 2.05) is 0 Å². The van der Waals surface area contributed by atoms with Crippen LogP contribution in [0.1, 0.15) is 217 Å². The zero-order valence-electron chi connectivity index (χ0n) is 34.3. The van der Waals surface area contributed by atoms with Gasteiger partial charge in [-0.3, -0.25) is 0 Å². The molecule has 0 saturated heterocycles. The number of allylic oxidation sites excluding steroid dienone is 2. The van der Waals surface area contributed by atoms with Gasteiger partial charge >= 0.3 is 0 Å². The number of nitrogens with zero attached hydrogens (tertiary/aromatic N) is 2. The highest BCUT2D eigenvalue weighted by Crippen LogP contribution is 2.42. The molecule has 1 aliphatic rings. The van der Waals surface area contributed by atoms with Crippen LogP contribution in [0, 0.1) is 11.8 Å². The zero-order valence-corrected chi connectivity index (χ0v) is 34.3. The molecule has 0 atom stereocenters. The summed E-state index contributed by atoms with van der Waals surface area (Å²) >= 11 is 0. The highest BCUT2D eigenvalue weighted by Gasteiger charge is 2.35. The number of benzene rings is 2. The lowest BCUT2D eigenvalue weighted by Gasteiger charge is -2.11. The van der Waals surface area contributed by atoms with E-state index >= 15 is 0 Å². The fraction of sp³-hybridized carbons (Fsp3) is 0.640. The Morgan fingerprint density at radius 1 is 0.462 bits per heavy atom. The summed E-state index contributed by atoms with van der Waals surface area (Å²) in [6.07, 6.45) is 35.8. The Morgan fingerprint density at radius 3 is 1.37 bits per heavy atom. The third kappa shape index (κ3) is 16.0. The zero-order chi connectivity index (χ0) is 37.1. The standard InChI is InChI=1S/C50H76N2/c1-5-9-13-14-15-16-17-18-19-20-21-22-23-24-25-26-27-28-30-40-48-47(39-29-10-6-2)49(45-37-31-35-43(41-45)33-11-7-3)52(51)50(48)46-38-32-36-44(42-46)34-12-8-4/h31-32,35-38,41-42H,5-29,33-34,39H2,1-4H3. The maximum absolute atomic E-state index is 12.1. The fourth-order valence-corrected chi connectivity index (χ4v) is 7.70. The van der Waals surface area contributed by atoms with Crippen molar-refractivity contribution in [2.24, 2.45) is 0 Å².